The molecule has 0 aromatic heterocycles. The minimum absolute atomic E-state index is 0.113. The molecule has 7 heteroatoms. The van der Waals surface area contributed by atoms with Gasteiger partial charge in [-0.2, -0.15) is 0 Å². The predicted molar refractivity (Wildman–Crippen MR) is 165 cm³/mol. The Morgan fingerprint density at radius 2 is 1.35 bits per heavy atom. The molecule has 0 fully saturated rings. The summed E-state index contributed by atoms with van der Waals surface area (Å²) in [6, 6.07) is 17.5. The van der Waals surface area contributed by atoms with Crippen molar-refractivity contribution in [1.82, 2.24) is 5.32 Å². The first kappa shape index (κ1) is 34.0. The highest BCUT2D eigenvalue weighted by atomic mass is 31.2. The zero-order chi connectivity index (χ0) is 28.9. The molecule has 40 heavy (non-hydrogen) atoms. The Balaban J connectivity index is 1.64. The van der Waals surface area contributed by atoms with Crippen molar-refractivity contribution in [3.05, 3.63) is 72.3 Å². The maximum absolute atomic E-state index is 12.6. The average Bonchev–Trinajstić information content (AvgIpc) is 2.94. The molecule has 0 aliphatic heterocycles. The van der Waals surface area contributed by atoms with Gasteiger partial charge in [-0.25, -0.2) is 4.57 Å². The van der Waals surface area contributed by atoms with Crippen LogP contribution < -0.4 is 5.32 Å². The number of hydrogen-bond acceptors (Lipinski definition) is 3. The van der Waals surface area contributed by atoms with Gasteiger partial charge in [0.05, 0.1) is 12.6 Å². The first-order chi connectivity index (χ1) is 19.4. The van der Waals surface area contributed by atoms with Crippen LogP contribution in [0.5, 0.6) is 0 Å². The molecule has 0 saturated carbocycles. The van der Waals surface area contributed by atoms with Crippen LogP contribution in [-0.2, 0) is 20.3 Å². The predicted octanol–water partition coefficient (Wildman–Crippen LogP) is 8.53. The molecule has 0 bridgehead atoms. The molecule has 0 saturated heterocycles. The van der Waals surface area contributed by atoms with E-state index < -0.39 is 13.9 Å². The summed E-state index contributed by atoms with van der Waals surface area (Å²) < 4.78 is 16.0. The Hall–Kier alpha value is -2.24. The lowest BCUT2D eigenvalue weighted by Crippen LogP contribution is -2.39. The van der Waals surface area contributed by atoms with Gasteiger partial charge < -0.3 is 15.1 Å². The smallest absolute Gasteiger partial charge is 0.351 e. The molecular formula is C33H50NO5P. The van der Waals surface area contributed by atoms with Crippen molar-refractivity contribution in [3.63, 3.8) is 0 Å². The van der Waals surface area contributed by atoms with Crippen LogP contribution in [0.3, 0.4) is 0 Å². The molecule has 0 heterocycles. The summed E-state index contributed by atoms with van der Waals surface area (Å²) in [5.41, 5.74) is 3.16. The van der Waals surface area contributed by atoms with Crippen LogP contribution in [0.4, 0.5) is 0 Å². The lowest BCUT2D eigenvalue weighted by molar-refractivity contribution is -0.122. The topological polar surface area (TPSA) is 95.9 Å². The van der Waals surface area contributed by atoms with Crippen LogP contribution in [0.25, 0.3) is 11.1 Å². The first-order valence-electron chi connectivity index (χ1n) is 15.2. The second-order valence-electron chi connectivity index (χ2n) is 10.7. The number of amides is 1. The SMILES string of the molecule is CCCCCCCC/C=C\CCCCCCCC(=O)NC(COP(=O)(O)O)Cc1ccc(-c2ccccc2)cc1. The molecule has 6 nitrogen and oxygen atoms in total. The van der Waals surface area contributed by atoms with Gasteiger partial charge in [0.15, 0.2) is 0 Å². The normalized spacial score (nSPS) is 12.6. The van der Waals surface area contributed by atoms with Crippen molar-refractivity contribution >= 4 is 13.7 Å². The number of carbonyl (C=O) groups is 1. The van der Waals surface area contributed by atoms with Gasteiger partial charge in [-0.3, -0.25) is 9.32 Å². The highest BCUT2D eigenvalue weighted by Crippen LogP contribution is 2.35. The van der Waals surface area contributed by atoms with E-state index in [9.17, 15) is 9.36 Å². The number of phosphoric acid groups is 1. The maximum Gasteiger partial charge on any atom is 0.469 e. The molecule has 1 atom stereocenters. The summed E-state index contributed by atoms with van der Waals surface area (Å²) >= 11 is 0. The van der Waals surface area contributed by atoms with E-state index in [1.165, 1.54) is 57.8 Å². The second kappa shape index (κ2) is 20.6. The van der Waals surface area contributed by atoms with Crippen LogP contribution in [0.15, 0.2) is 66.7 Å². The third-order valence-corrected chi connectivity index (χ3v) is 7.50. The Bertz CT molecular complexity index is 1000. The van der Waals surface area contributed by atoms with E-state index in [4.69, 9.17) is 14.3 Å². The van der Waals surface area contributed by atoms with Gasteiger partial charge in [0.1, 0.15) is 0 Å². The summed E-state index contributed by atoms with van der Waals surface area (Å²) in [4.78, 5) is 30.9. The van der Waals surface area contributed by atoms with E-state index in [-0.39, 0.29) is 12.5 Å². The van der Waals surface area contributed by atoms with Gasteiger partial charge in [-0.1, -0.05) is 125 Å². The van der Waals surface area contributed by atoms with Gasteiger partial charge in [0.25, 0.3) is 0 Å². The summed E-state index contributed by atoms with van der Waals surface area (Å²) in [6.07, 6.45) is 21.1. The number of benzene rings is 2. The van der Waals surface area contributed by atoms with Crippen LogP contribution >= 0.6 is 7.82 Å². The lowest BCUT2D eigenvalue weighted by atomic mass is 10.0. The van der Waals surface area contributed by atoms with Gasteiger partial charge in [-0.15, -0.1) is 0 Å². The number of unbranched alkanes of at least 4 members (excludes halogenated alkanes) is 11. The van der Waals surface area contributed by atoms with E-state index in [0.29, 0.717) is 12.8 Å². The van der Waals surface area contributed by atoms with E-state index in [0.717, 1.165) is 42.4 Å². The number of hydrogen-bond donors (Lipinski definition) is 3. The Morgan fingerprint density at radius 1 is 0.800 bits per heavy atom. The van der Waals surface area contributed by atoms with Gasteiger partial charge in [0, 0.05) is 6.42 Å². The minimum atomic E-state index is -4.63. The molecule has 0 radical (unpaired) electrons. The molecule has 0 spiro atoms. The van der Waals surface area contributed by atoms with Crippen molar-refractivity contribution in [3.8, 4) is 11.1 Å². The van der Waals surface area contributed by atoms with Crippen molar-refractivity contribution in [2.75, 3.05) is 6.61 Å². The molecule has 1 amide bonds. The largest absolute Gasteiger partial charge is 0.469 e. The zero-order valence-electron chi connectivity index (χ0n) is 24.3. The number of nitrogens with one attached hydrogen (secondary N) is 1. The van der Waals surface area contributed by atoms with E-state index >= 15 is 0 Å². The summed E-state index contributed by atoms with van der Waals surface area (Å²) in [5, 5.41) is 2.92. The molecular weight excluding hydrogens is 521 g/mol. The standard InChI is InChI=1S/C33H50NO5P/c1-2-3-4-5-6-7-8-9-10-11-12-13-14-15-19-22-33(35)34-32(28-39-40(36,37)38)27-29-23-25-31(26-24-29)30-20-17-16-18-21-30/h9-10,16-18,20-21,23-26,32H,2-8,11-15,19,22,27-28H2,1H3,(H,34,35)(H2,36,37,38)/b10-9-. The summed E-state index contributed by atoms with van der Waals surface area (Å²) in [7, 11) is -4.63. The zero-order valence-corrected chi connectivity index (χ0v) is 25.2. The third-order valence-electron chi connectivity index (χ3n) is 7.02. The van der Waals surface area contributed by atoms with Gasteiger partial charge in [-0.05, 0) is 55.2 Å². The molecule has 3 N–H and O–H groups in total. The highest BCUT2D eigenvalue weighted by molar-refractivity contribution is 7.46. The summed E-state index contributed by atoms with van der Waals surface area (Å²) in [5.74, 6) is -0.113. The molecule has 0 aliphatic carbocycles. The van der Waals surface area contributed by atoms with Crippen LogP contribution in [0.1, 0.15) is 102 Å². The second-order valence-corrected chi connectivity index (χ2v) is 11.9. The van der Waals surface area contributed by atoms with Crippen LogP contribution in [0, 0.1) is 0 Å². The Labute approximate surface area is 241 Å². The average molecular weight is 572 g/mol. The molecule has 2 rings (SSSR count). The Morgan fingerprint density at radius 3 is 1.95 bits per heavy atom. The fraction of sp³-hybridized carbons (Fsp3) is 0.545. The van der Waals surface area contributed by atoms with Gasteiger partial charge >= 0.3 is 7.82 Å². The molecule has 2 aromatic carbocycles. The quantitative estimate of drug-likeness (QED) is 0.0748. The number of rotatable bonds is 22. The first-order valence-corrected chi connectivity index (χ1v) is 16.7. The lowest BCUT2D eigenvalue weighted by Gasteiger charge is -2.19. The van der Waals surface area contributed by atoms with E-state index in [1.54, 1.807) is 0 Å². The van der Waals surface area contributed by atoms with Crippen molar-refractivity contribution in [1.29, 1.82) is 0 Å². The fourth-order valence-corrected chi connectivity index (χ4v) is 5.12. The molecule has 0 aliphatic rings. The molecule has 222 valence electrons. The maximum atomic E-state index is 12.6. The molecule has 1 unspecified atom stereocenters. The monoisotopic (exact) mass is 571 g/mol. The number of phosphoric ester groups is 1. The van der Waals surface area contributed by atoms with Crippen LogP contribution in [0.2, 0.25) is 0 Å². The Kier molecular flexibility index (Phi) is 17.5. The van der Waals surface area contributed by atoms with Crippen LogP contribution in [-0.4, -0.2) is 28.3 Å². The van der Waals surface area contributed by atoms with Crippen molar-refractivity contribution in [2.45, 2.75) is 109 Å². The van der Waals surface area contributed by atoms with E-state index in [2.05, 4.69) is 24.4 Å². The molecule has 2 aromatic rings. The third kappa shape index (κ3) is 16.8. The number of allylic oxidation sites excluding steroid dienone is 2. The van der Waals surface area contributed by atoms with Crippen molar-refractivity contribution < 1.29 is 23.7 Å². The van der Waals surface area contributed by atoms with Crippen molar-refractivity contribution in [2.24, 2.45) is 0 Å². The van der Waals surface area contributed by atoms with E-state index in [1.807, 2.05) is 54.6 Å². The van der Waals surface area contributed by atoms with Gasteiger partial charge in [0.2, 0.25) is 5.91 Å². The summed E-state index contributed by atoms with van der Waals surface area (Å²) in [6.45, 7) is 2.00. The number of carbonyl (C=O) groups excluding carboxylic acids is 1. The highest BCUT2D eigenvalue weighted by Gasteiger charge is 2.20. The fourth-order valence-electron chi connectivity index (χ4n) is 4.74. The minimum Gasteiger partial charge on any atom is -0.351 e.